The van der Waals surface area contributed by atoms with Crippen LogP contribution in [0.2, 0.25) is 0 Å². The van der Waals surface area contributed by atoms with Crippen LogP contribution in [-0.2, 0) is 0 Å². The SMILES string of the molecule is C1=C(c2ccccc2)C(c2ccc3c(-c4ccccc4)c4ccccc4c(-c4ccccc4)c3c2)=CNC1. The molecule has 180 valence electrons. The zero-order valence-corrected chi connectivity index (χ0v) is 21.1. The minimum absolute atomic E-state index is 0.833. The van der Waals surface area contributed by atoms with Crippen LogP contribution in [0.3, 0.4) is 0 Å². The Labute approximate surface area is 223 Å². The van der Waals surface area contributed by atoms with E-state index in [-0.39, 0.29) is 0 Å². The highest BCUT2D eigenvalue weighted by Gasteiger charge is 2.19. The molecule has 0 saturated heterocycles. The van der Waals surface area contributed by atoms with Crippen LogP contribution in [0, 0.1) is 0 Å². The molecule has 0 atom stereocenters. The standard InChI is InChI=1S/C37H27N/c1-4-12-26(13-5-1)30-22-23-38-25-35(30)29-20-21-33-34(24-29)37(28-16-8-3-9-17-28)32-19-11-10-18-31(32)36(33)27-14-6-2-7-15-27/h1-22,24-25,38H,23H2. The number of benzene rings is 6. The number of fused-ring (bicyclic) bond motifs is 2. The molecule has 0 fully saturated rings. The molecule has 0 radical (unpaired) electrons. The van der Waals surface area contributed by atoms with Crippen LogP contribution in [0.4, 0.5) is 0 Å². The summed E-state index contributed by atoms with van der Waals surface area (Å²) in [4.78, 5) is 0. The van der Waals surface area contributed by atoms with Gasteiger partial charge in [0.1, 0.15) is 0 Å². The average molecular weight is 486 g/mol. The van der Waals surface area contributed by atoms with Crippen LogP contribution >= 0.6 is 0 Å². The predicted molar refractivity (Wildman–Crippen MR) is 163 cm³/mol. The van der Waals surface area contributed by atoms with Crippen molar-refractivity contribution in [2.24, 2.45) is 0 Å². The highest BCUT2D eigenvalue weighted by Crippen LogP contribution is 2.45. The van der Waals surface area contributed by atoms with Crippen LogP contribution < -0.4 is 5.32 Å². The summed E-state index contributed by atoms with van der Waals surface area (Å²) in [5.74, 6) is 0. The summed E-state index contributed by atoms with van der Waals surface area (Å²) in [6, 6.07) is 48.2. The maximum atomic E-state index is 3.46. The number of rotatable bonds is 4. The van der Waals surface area contributed by atoms with Gasteiger partial charge in [-0.15, -0.1) is 0 Å². The van der Waals surface area contributed by atoms with Crippen molar-refractivity contribution < 1.29 is 0 Å². The highest BCUT2D eigenvalue weighted by molar-refractivity contribution is 6.22. The number of allylic oxidation sites excluding steroid dienone is 2. The minimum atomic E-state index is 0.833. The van der Waals surface area contributed by atoms with Gasteiger partial charge in [0.15, 0.2) is 0 Å². The quantitative estimate of drug-likeness (QED) is 0.245. The van der Waals surface area contributed by atoms with Gasteiger partial charge in [-0.25, -0.2) is 0 Å². The van der Waals surface area contributed by atoms with Gasteiger partial charge in [-0.3, -0.25) is 0 Å². The fraction of sp³-hybridized carbons (Fsp3) is 0.0270. The summed E-state index contributed by atoms with van der Waals surface area (Å²) in [7, 11) is 0. The highest BCUT2D eigenvalue weighted by atomic mass is 14.8. The fourth-order valence-corrected chi connectivity index (χ4v) is 5.82. The first-order valence-corrected chi connectivity index (χ1v) is 13.2. The van der Waals surface area contributed by atoms with E-state index in [1.54, 1.807) is 0 Å². The second-order valence-corrected chi connectivity index (χ2v) is 9.74. The lowest BCUT2D eigenvalue weighted by Crippen LogP contribution is -2.12. The van der Waals surface area contributed by atoms with Crippen molar-refractivity contribution in [3.8, 4) is 22.3 Å². The summed E-state index contributed by atoms with van der Waals surface area (Å²) in [5.41, 5.74) is 10.00. The third kappa shape index (κ3) is 3.81. The van der Waals surface area contributed by atoms with Gasteiger partial charge >= 0.3 is 0 Å². The van der Waals surface area contributed by atoms with E-state index in [0.29, 0.717) is 0 Å². The lowest BCUT2D eigenvalue weighted by Gasteiger charge is -2.21. The van der Waals surface area contributed by atoms with Crippen molar-refractivity contribution in [1.82, 2.24) is 5.32 Å². The summed E-state index contributed by atoms with van der Waals surface area (Å²) >= 11 is 0. The molecule has 0 spiro atoms. The number of nitrogens with one attached hydrogen (secondary N) is 1. The molecular weight excluding hydrogens is 458 g/mol. The van der Waals surface area contributed by atoms with Crippen LogP contribution in [0.25, 0.3) is 54.9 Å². The van der Waals surface area contributed by atoms with E-state index in [2.05, 4.69) is 151 Å². The van der Waals surface area contributed by atoms with Crippen molar-refractivity contribution >= 4 is 32.7 Å². The summed E-state index contributed by atoms with van der Waals surface area (Å²) in [6.45, 7) is 0.833. The molecule has 0 aliphatic carbocycles. The third-order valence-electron chi connectivity index (χ3n) is 7.51. The first-order chi connectivity index (χ1) is 18.9. The molecule has 1 aliphatic rings. The minimum Gasteiger partial charge on any atom is -0.387 e. The molecule has 1 N–H and O–H groups in total. The van der Waals surface area contributed by atoms with Gasteiger partial charge in [0.25, 0.3) is 0 Å². The molecule has 1 heteroatoms. The predicted octanol–water partition coefficient (Wildman–Crippen LogP) is 9.35. The molecule has 6 aromatic rings. The van der Waals surface area contributed by atoms with E-state index in [4.69, 9.17) is 0 Å². The molecule has 0 amide bonds. The van der Waals surface area contributed by atoms with E-state index in [9.17, 15) is 0 Å². The molecule has 1 nitrogen and oxygen atoms in total. The molecule has 1 heterocycles. The van der Waals surface area contributed by atoms with Crippen molar-refractivity contribution in [2.45, 2.75) is 0 Å². The molecule has 0 saturated carbocycles. The largest absolute Gasteiger partial charge is 0.387 e. The number of hydrogen-bond donors (Lipinski definition) is 1. The average Bonchev–Trinajstić information content (AvgIpc) is 3.01. The maximum absolute atomic E-state index is 3.46. The summed E-state index contributed by atoms with van der Waals surface area (Å²) < 4.78 is 0. The van der Waals surface area contributed by atoms with E-state index in [0.717, 1.165) is 6.54 Å². The third-order valence-corrected chi connectivity index (χ3v) is 7.51. The first-order valence-electron chi connectivity index (χ1n) is 13.2. The van der Waals surface area contributed by atoms with Gasteiger partial charge < -0.3 is 5.32 Å². The summed E-state index contributed by atoms with van der Waals surface area (Å²) in [5, 5.41) is 8.55. The molecular formula is C37H27N. The van der Waals surface area contributed by atoms with Crippen LogP contribution in [-0.4, -0.2) is 6.54 Å². The normalized spacial score (nSPS) is 13.2. The van der Waals surface area contributed by atoms with E-state index in [1.165, 1.54) is 66.1 Å². The van der Waals surface area contributed by atoms with E-state index in [1.807, 2.05) is 0 Å². The number of hydrogen-bond acceptors (Lipinski definition) is 1. The Hall–Kier alpha value is -4.88. The van der Waals surface area contributed by atoms with Crippen molar-refractivity contribution in [2.75, 3.05) is 6.54 Å². The van der Waals surface area contributed by atoms with E-state index < -0.39 is 0 Å². The van der Waals surface area contributed by atoms with Crippen LogP contribution in [0.5, 0.6) is 0 Å². The Kier molecular flexibility index (Phi) is 5.60. The Morgan fingerprint density at radius 3 is 1.50 bits per heavy atom. The molecule has 6 aromatic carbocycles. The smallest absolute Gasteiger partial charge is 0.0334 e. The Morgan fingerprint density at radius 1 is 0.395 bits per heavy atom. The first kappa shape index (κ1) is 22.3. The van der Waals surface area contributed by atoms with Crippen molar-refractivity contribution in [3.05, 3.63) is 157 Å². The molecule has 0 aromatic heterocycles. The summed E-state index contributed by atoms with van der Waals surface area (Å²) in [6.07, 6.45) is 4.47. The van der Waals surface area contributed by atoms with Gasteiger partial charge in [0, 0.05) is 18.3 Å². The Morgan fingerprint density at radius 2 is 0.895 bits per heavy atom. The van der Waals surface area contributed by atoms with Gasteiger partial charge in [0.05, 0.1) is 0 Å². The second-order valence-electron chi connectivity index (χ2n) is 9.74. The topological polar surface area (TPSA) is 12.0 Å². The molecule has 0 bridgehead atoms. The zero-order valence-electron chi connectivity index (χ0n) is 21.1. The Bertz CT molecular complexity index is 1830. The van der Waals surface area contributed by atoms with Crippen LogP contribution in [0.15, 0.2) is 146 Å². The molecule has 38 heavy (non-hydrogen) atoms. The monoisotopic (exact) mass is 485 g/mol. The van der Waals surface area contributed by atoms with Crippen molar-refractivity contribution in [1.29, 1.82) is 0 Å². The fourth-order valence-electron chi connectivity index (χ4n) is 5.82. The van der Waals surface area contributed by atoms with Gasteiger partial charge in [-0.1, -0.05) is 133 Å². The molecule has 0 unspecified atom stereocenters. The lowest BCUT2D eigenvalue weighted by molar-refractivity contribution is 0.980. The second kappa shape index (κ2) is 9.53. The van der Waals surface area contributed by atoms with Crippen LogP contribution in [0.1, 0.15) is 11.1 Å². The Balaban J connectivity index is 1.56. The van der Waals surface area contributed by atoms with E-state index >= 15 is 0 Å². The zero-order chi connectivity index (χ0) is 25.3. The molecule has 1 aliphatic heterocycles. The van der Waals surface area contributed by atoms with Gasteiger partial charge in [-0.05, 0) is 66.6 Å². The van der Waals surface area contributed by atoms with Gasteiger partial charge in [-0.2, -0.15) is 0 Å². The lowest BCUT2D eigenvalue weighted by atomic mass is 9.83. The maximum Gasteiger partial charge on any atom is 0.0334 e. The van der Waals surface area contributed by atoms with Gasteiger partial charge in [0.2, 0.25) is 0 Å². The number of dihydropyridines is 1. The molecule has 7 rings (SSSR count). The van der Waals surface area contributed by atoms with Crippen molar-refractivity contribution in [3.63, 3.8) is 0 Å².